The first-order valence-electron chi connectivity index (χ1n) is 6.63. The molecule has 0 radical (unpaired) electrons. The molecule has 0 unspecified atom stereocenters. The van der Waals surface area contributed by atoms with Gasteiger partial charge in [-0.05, 0) is 37.0 Å². The number of hydrogen-bond acceptors (Lipinski definition) is 4. The number of hydrogen-bond donors (Lipinski definition) is 2. The molecule has 0 aliphatic heterocycles. The third-order valence-electron chi connectivity index (χ3n) is 3.62. The molecule has 1 aliphatic carbocycles. The van der Waals surface area contributed by atoms with Gasteiger partial charge >= 0.3 is 5.97 Å². The van der Waals surface area contributed by atoms with Crippen molar-refractivity contribution in [1.29, 1.82) is 5.26 Å². The number of carboxylic acids is 1. The Bertz CT molecular complexity index is 661. The van der Waals surface area contributed by atoms with Crippen LogP contribution in [0.25, 0.3) is 0 Å². The van der Waals surface area contributed by atoms with E-state index in [0.717, 1.165) is 5.56 Å². The highest BCUT2D eigenvalue weighted by molar-refractivity contribution is 7.89. The van der Waals surface area contributed by atoms with Gasteiger partial charge in [0.2, 0.25) is 10.0 Å². The number of nitriles is 1. The van der Waals surface area contributed by atoms with E-state index in [1.165, 1.54) is 12.1 Å². The second-order valence-electron chi connectivity index (χ2n) is 5.15. The molecule has 7 heteroatoms. The molecule has 6 nitrogen and oxygen atoms in total. The summed E-state index contributed by atoms with van der Waals surface area (Å²) in [7, 11) is -3.65. The molecule has 1 aromatic rings. The predicted octanol–water partition coefficient (Wildman–Crippen LogP) is 1.28. The lowest BCUT2D eigenvalue weighted by Crippen LogP contribution is -2.33. The summed E-state index contributed by atoms with van der Waals surface area (Å²) in [6, 6.07) is 7.78. The minimum atomic E-state index is -3.65. The highest BCUT2D eigenvalue weighted by Crippen LogP contribution is 2.27. The monoisotopic (exact) mass is 308 g/mol. The Hall–Kier alpha value is -1.91. The number of nitrogens with zero attached hydrogens (tertiary/aromatic N) is 1. The van der Waals surface area contributed by atoms with Crippen molar-refractivity contribution in [2.75, 3.05) is 0 Å². The number of carbonyl (C=O) groups is 1. The molecular formula is C14H16N2O4S. The van der Waals surface area contributed by atoms with Crippen molar-refractivity contribution < 1.29 is 18.3 Å². The van der Waals surface area contributed by atoms with Crippen molar-refractivity contribution in [2.45, 2.75) is 36.6 Å². The zero-order valence-electron chi connectivity index (χ0n) is 11.3. The highest BCUT2D eigenvalue weighted by Gasteiger charge is 2.32. The molecule has 112 valence electrons. The van der Waals surface area contributed by atoms with Crippen molar-refractivity contribution >= 4 is 16.0 Å². The molecule has 0 amide bonds. The van der Waals surface area contributed by atoms with Crippen LogP contribution in [0.4, 0.5) is 0 Å². The molecule has 1 saturated carbocycles. The van der Waals surface area contributed by atoms with Crippen LogP contribution >= 0.6 is 0 Å². The van der Waals surface area contributed by atoms with Crippen LogP contribution < -0.4 is 4.72 Å². The number of benzene rings is 1. The molecule has 2 atom stereocenters. The molecule has 0 aromatic heterocycles. The van der Waals surface area contributed by atoms with Crippen LogP contribution in [-0.4, -0.2) is 25.5 Å². The van der Waals surface area contributed by atoms with E-state index in [1.54, 1.807) is 12.1 Å². The van der Waals surface area contributed by atoms with E-state index in [0.29, 0.717) is 19.3 Å². The molecule has 0 heterocycles. The third-order valence-corrected chi connectivity index (χ3v) is 5.16. The normalized spacial score (nSPS) is 21.9. The van der Waals surface area contributed by atoms with Crippen LogP contribution in [0.5, 0.6) is 0 Å². The number of carboxylic acid groups (broad SMARTS) is 1. The first-order valence-corrected chi connectivity index (χ1v) is 8.11. The SMILES string of the molecule is N#CCc1ccc(S(=O)(=O)N[C@H]2CC[C@@H](C(=O)O)C2)cc1. The average molecular weight is 308 g/mol. The van der Waals surface area contributed by atoms with Crippen LogP contribution in [0.2, 0.25) is 0 Å². The Kier molecular flexibility index (Phi) is 4.60. The molecular weight excluding hydrogens is 292 g/mol. The minimum Gasteiger partial charge on any atom is -0.481 e. The van der Waals surface area contributed by atoms with Gasteiger partial charge in [-0.15, -0.1) is 0 Å². The molecule has 1 aliphatic rings. The largest absolute Gasteiger partial charge is 0.481 e. The smallest absolute Gasteiger partial charge is 0.306 e. The third kappa shape index (κ3) is 3.80. The summed E-state index contributed by atoms with van der Waals surface area (Å²) >= 11 is 0. The second kappa shape index (κ2) is 6.24. The molecule has 0 spiro atoms. The second-order valence-corrected chi connectivity index (χ2v) is 6.86. The Morgan fingerprint density at radius 1 is 1.33 bits per heavy atom. The quantitative estimate of drug-likeness (QED) is 0.852. The zero-order chi connectivity index (χ0) is 15.5. The Morgan fingerprint density at radius 2 is 2.00 bits per heavy atom. The number of sulfonamides is 1. The first-order chi connectivity index (χ1) is 9.92. The molecule has 1 aromatic carbocycles. The fraction of sp³-hybridized carbons (Fsp3) is 0.429. The molecule has 1 fully saturated rings. The van der Waals surface area contributed by atoms with Gasteiger partial charge in [-0.25, -0.2) is 13.1 Å². The van der Waals surface area contributed by atoms with Crippen LogP contribution in [-0.2, 0) is 21.2 Å². The van der Waals surface area contributed by atoms with Crippen molar-refractivity contribution in [2.24, 2.45) is 5.92 Å². The van der Waals surface area contributed by atoms with Gasteiger partial charge < -0.3 is 5.11 Å². The van der Waals surface area contributed by atoms with Crippen molar-refractivity contribution in [1.82, 2.24) is 4.72 Å². The van der Waals surface area contributed by atoms with Crippen molar-refractivity contribution in [3.05, 3.63) is 29.8 Å². The number of nitrogens with one attached hydrogen (secondary N) is 1. The summed E-state index contributed by atoms with van der Waals surface area (Å²) in [5.41, 5.74) is 0.753. The molecule has 0 saturated heterocycles. The molecule has 2 rings (SSSR count). The van der Waals surface area contributed by atoms with Crippen LogP contribution in [0, 0.1) is 17.2 Å². The molecule has 21 heavy (non-hydrogen) atoms. The Morgan fingerprint density at radius 3 is 2.52 bits per heavy atom. The van der Waals surface area contributed by atoms with Crippen LogP contribution in [0.1, 0.15) is 24.8 Å². The van der Waals surface area contributed by atoms with Crippen LogP contribution in [0.15, 0.2) is 29.2 Å². The van der Waals surface area contributed by atoms with Gasteiger partial charge in [0, 0.05) is 6.04 Å². The van der Waals surface area contributed by atoms with E-state index in [2.05, 4.69) is 4.72 Å². The summed E-state index contributed by atoms with van der Waals surface area (Å²) in [6.07, 6.45) is 1.57. The standard InChI is InChI=1S/C14H16N2O4S/c15-8-7-10-1-5-13(6-2-10)21(19,20)16-12-4-3-11(9-12)14(17)18/h1-2,5-6,11-12,16H,3-4,7,9H2,(H,17,18)/t11-,12+/m1/s1. The van der Waals surface area contributed by atoms with E-state index in [-0.39, 0.29) is 17.4 Å². The maximum Gasteiger partial charge on any atom is 0.306 e. The summed E-state index contributed by atoms with van der Waals surface area (Å²) in [5, 5.41) is 17.5. The van der Waals surface area contributed by atoms with E-state index in [9.17, 15) is 13.2 Å². The lowest BCUT2D eigenvalue weighted by Gasteiger charge is -2.13. The summed E-state index contributed by atoms with van der Waals surface area (Å²) in [6.45, 7) is 0. The van der Waals surface area contributed by atoms with Gasteiger partial charge in [0.15, 0.2) is 0 Å². The van der Waals surface area contributed by atoms with E-state index in [1.807, 2.05) is 6.07 Å². The zero-order valence-corrected chi connectivity index (χ0v) is 12.1. The van der Waals surface area contributed by atoms with Gasteiger partial charge in [0.25, 0.3) is 0 Å². The lowest BCUT2D eigenvalue weighted by atomic mass is 10.1. The summed E-state index contributed by atoms with van der Waals surface area (Å²) < 4.78 is 27.0. The van der Waals surface area contributed by atoms with Gasteiger partial charge in [-0.1, -0.05) is 12.1 Å². The highest BCUT2D eigenvalue weighted by atomic mass is 32.2. The Labute approximate surface area is 123 Å². The van der Waals surface area contributed by atoms with Gasteiger partial charge in [0.05, 0.1) is 23.3 Å². The van der Waals surface area contributed by atoms with Gasteiger partial charge in [-0.3, -0.25) is 4.79 Å². The van der Waals surface area contributed by atoms with Crippen molar-refractivity contribution in [3.63, 3.8) is 0 Å². The van der Waals surface area contributed by atoms with Crippen LogP contribution in [0.3, 0.4) is 0 Å². The average Bonchev–Trinajstić information content (AvgIpc) is 2.88. The minimum absolute atomic E-state index is 0.128. The van der Waals surface area contributed by atoms with E-state index in [4.69, 9.17) is 10.4 Å². The fourth-order valence-corrected chi connectivity index (χ4v) is 3.76. The predicted molar refractivity (Wildman–Crippen MR) is 74.8 cm³/mol. The lowest BCUT2D eigenvalue weighted by molar-refractivity contribution is -0.141. The first kappa shape index (κ1) is 15.5. The van der Waals surface area contributed by atoms with Gasteiger partial charge in [0.1, 0.15) is 0 Å². The fourth-order valence-electron chi connectivity index (χ4n) is 2.48. The summed E-state index contributed by atoms with van der Waals surface area (Å²) in [5.74, 6) is -1.35. The summed E-state index contributed by atoms with van der Waals surface area (Å²) in [4.78, 5) is 11.0. The topological polar surface area (TPSA) is 107 Å². The Balaban J connectivity index is 2.05. The van der Waals surface area contributed by atoms with E-state index < -0.39 is 21.9 Å². The molecule has 0 bridgehead atoms. The maximum atomic E-state index is 12.2. The van der Waals surface area contributed by atoms with E-state index >= 15 is 0 Å². The molecule has 2 N–H and O–H groups in total. The maximum absolute atomic E-state index is 12.2. The number of rotatable bonds is 5. The van der Waals surface area contributed by atoms with Gasteiger partial charge in [-0.2, -0.15) is 5.26 Å². The number of aliphatic carboxylic acids is 1. The van der Waals surface area contributed by atoms with Crippen molar-refractivity contribution in [3.8, 4) is 6.07 Å².